The van der Waals surface area contributed by atoms with Crippen LogP contribution < -0.4 is 5.32 Å². The Morgan fingerprint density at radius 3 is 2.71 bits per heavy atom. The molecule has 112 valence electrons. The summed E-state index contributed by atoms with van der Waals surface area (Å²) >= 11 is 0. The highest BCUT2D eigenvalue weighted by molar-refractivity contribution is 5.95. The van der Waals surface area contributed by atoms with Gasteiger partial charge < -0.3 is 10.4 Å². The van der Waals surface area contributed by atoms with Gasteiger partial charge in [0.1, 0.15) is 0 Å². The first-order valence-electron chi connectivity index (χ1n) is 7.56. The summed E-state index contributed by atoms with van der Waals surface area (Å²) in [5.41, 5.74) is 2.52. The van der Waals surface area contributed by atoms with Crippen LogP contribution in [0, 0.1) is 24.2 Å². The summed E-state index contributed by atoms with van der Waals surface area (Å²) in [6, 6.07) is 5.85. The van der Waals surface area contributed by atoms with Gasteiger partial charge in [0.2, 0.25) is 5.91 Å². The smallest absolute Gasteiger partial charge is 0.230 e. The van der Waals surface area contributed by atoms with Crippen LogP contribution in [0.2, 0.25) is 0 Å². The first-order valence-corrected chi connectivity index (χ1v) is 7.56. The molecule has 0 radical (unpaired) electrons. The van der Waals surface area contributed by atoms with Gasteiger partial charge in [-0.15, -0.1) is 0 Å². The highest BCUT2D eigenvalue weighted by atomic mass is 16.2. The van der Waals surface area contributed by atoms with Crippen LogP contribution in [0.25, 0.3) is 0 Å². The molecule has 1 fully saturated rings. The van der Waals surface area contributed by atoms with Crippen LogP contribution in [0.5, 0.6) is 0 Å². The summed E-state index contributed by atoms with van der Waals surface area (Å²) in [6.45, 7) is 4.11. The lowest BCUT2D eigenvalue weighted by Crippen LogP contribution is -2.30. The maximum Gasteiger partial charge on any atom is 0.230 e. The van der Waals surface area contributed by atoms with Gasteiger partial charge in [0.25, 0.3) is 0 Å². The van der Waals surface area contributed by atoms with Gasteiger partial charge in [-0.05, 0) is 43.5 Å². The van der Waals surface area contributed by atoms with Crippen molar-refractivity contribution in [2.45, 2.75) is 46.0 Å². The van der Waals surface area contributed by atoms with Crippen LogP contribution >= 0.6 is 0 Å². The molecule has 21 heavy (non-hydrogen) atoms. The van der Waals surface area contributed by atoms with E-state index in [2.05, 4.69) is 17.2 Å². The van der Waals surface area contributed by atoms with E-state index in [-0.39, 0.29) is 17.9 Å². The Bertz CT molecular complexity index is 575. The first kappa shape index (κ1) is 15.6. The zero-order chi connectivity index (χ0) is 15.3. The molecular weight excluding hydrogens is 262 g/mol. The molecule has 3 heteroatoms. The number of rotatable bonds is 3. The molecule has 1 aromatic rings. The minimum absolute atomic E-state index is 0.0702. The van der Waals surface area contributed by atoms with Gasteiger partial charge >= 0.3 is 0 Å². The Balaban J connectivity index is 2.13. The third kappa shape index (κ3) is 4.09. The molecule has 0 heterocycles. The van der Waals surface area contributed by atoms with Crippen LogP contribution in [-0.4, -0.2) is 17.6 Å². The third-order valence-corrected chi connectivity index (χ3v) is 4.06. The number of carbonyl (C=O) groups excluding carboxylic acids is 1. The fourth-order valence-electron chi connectivity index (χ4n) is 2.81. The van der Waals surface area contributed by atoms with Gasteiger partial charge in [-0.1, -0.05) is 31.6 Å². The molecule has 0 unspecified atom stereocenters. The zero-order valence-electron chi connectivity index (χ0n) is 12.8. The monoisotopic (exact) mass is 285 g/mol. The number of aliphatic hydroxyl groups is 1. The average Bonchev–Trinajstić information content (AvgIpc) is 2.87. The van der Waals surface area contributed by atoms with Crippen LogP contribution in [-0.2, 0) is 4.79 Å². The first-order chi connectivity index (χ1) is 10.0. The minimum atomic E-state index is -0.230. The number of benzene rings is 1. The molecule has 1 saturated carbocycles. The number of anilines is 1. The molecule has 2 N–H and O–H groups in total. The molecule has 0 bridgehead atoms. The lowest BCUT2D eigenvalue weighted by atomic mass is 9.87. The van der Waals surface area contributed by atoms with Crippen molar-refractivity contribution in [2.24, 2.45) is 5.41 Å². The highest BCUT2D eigenvalue weighted by Gasteiger charge is 2.36. The summed E-state index contributed by atoms with van der Waals surface area (Å²) < 4.78 is 0. The molecule has 1 aromatic carbocycles. The number of amides is 1. The molecule has 1 aliphatic rings. The quantitative estimate of drug-likeness (QED) is 0.838. The Kier molecular flexibility index (Phi) is 5.03. The summed E-state index contributed by atoms with van der Waals surface area (Å²) in [7, 11) is 0. The number of aliphatic hydroxyl groups excluding tert-OH is 1. The minimum Gasteiger partial charge on any atom is -0.395 e. The van der Waals surface area contributed by atoms with E-state index in [1.807, 2.05) is 32.0 Å². The van der Waals surface area contributed by atoms with Gasteiger partial charge in [-0.25, -0.2) is 0 Å². The van der Waals surface area contributed by atoms with Crippen molar-refractivity contribution in [2.75, 3.05) is 11.9 Å². The average molecular weight is 285 g/mol. The Labute approximate surface area is 126 Å². The number of hydrogen-bond donors (Lipinski definition) is 2. The summed E-state index contributed by atoms with van der Waals surface area (Å²) in [6.07, 6.45) is 4.67. The van der Waals surface area contributed by atoms with Crippen molar-refractivity contribution >= 4 is 11.6 Å². The maximum atomic E-state index is 12.4. The standard InChI is InChI=1S/C18H23NO2/c1-14-11-15(7-3-6-10-20)13-16(12-14)19-17(21)18(2)8-4-5-9-18/h11-13,20H,4-6,8-10H2,1-2H3,(H,19,21). The molecule has 2 rings (SSSR count). The van der Waals surface area contributed by atoms with E-state index < -0.39 is 0 Å². The van der Waals surface area contributed by atoms with E-state index in [0.29, 0.717) is 6.42 Å². The van der Waals surface area contributed by atoms with E-state index >= 15 is 0 Å². The van der Waals surface area contributed by atoms with E-state index in [1.165, 1.54) is 0 Å². The van der Waals surface area contributed by atoms with Gasteiger partial charge in [0.15, 0.2) is 0 Å². The number of nitrogens with one attached hydrogen (secondary N) is 1. The zero-order valence-corrected chi connectivity index (χ0v) is 12.8. The van der Waals surface area contributed by atoms with Gasteiger partial charge in [0.05, 0.1) is 6.61 Å². The fourth-order valence-corrected chi connectivity index (χ4v) is 2.81. The Morgan fingerprint density at radius 2 is 2.05 bits per heavy atom. The van der Waals surface area contributed by atoms with E-state index in [0.717, 1.165) is 42.5 Å². The van der Waals surface area contributed by atoms with Gasteiger partial charge in [0, 0.05) is 23.1 Å². The molecule has 0 saturated heterocycles. The fraction of sp³-hybridized carbons (Fsp3) is 0.500. The topological polar surface area (TPSA) is 49.3 Å². The van der Waals surface area contributed by atoms with Crippen LogP contribution in [0.1, 0.15) is 50.2 Å². The van der Waals surface area contributed by atoms with Crippen molar-refractivity contribution in [3.05, 3.63) is 29.3 Å². The second kappa shape index (κ2) is 6.78. The summed E-state index contributed by atoms with van der Waals surface area (Å²) in [5.74, 6) is 6.04. The Hall–Kier alpha value is -1.79. The lowest BCUT2D eigenvalue weighted by Gasteiger charge is -2.22. The Morgan fingerprint density at radius 1 is 1.33 bits per heavy atom. The van der Waals surface area contributed by atoms with E-state index in [4.69, 9.17) is 5.11 Å². The van der Waals surface area contributed by atoms with Crippen LogP contribution in [0.3, 0.4) is 0 Å². The molecule has 0 spiro atoms. The van der Waals surface area contributed by atoms with Crippen molar-refractivity contribution in [3.63, 3.8) is 0 Å². The van der Waals surface area contributed by atoms with Crippen molar-refractivity contribution in [1.82, 2.24) is 0 Å². The molecule has 1 amide bonds. The number of hydrogen-bond acceptors (Lipinski definition) is 2. The van der Waals surface area contributed by atoms with E-state index in [9.17, 15) is 4.79 Å². The molecule has 0 aromatic heterocycles. The third-order valence-electron chi connectivity index (χ3n) is 4.06. The highest BCUT2D eigenvalue weighted by Crippen LogP contribution is 2.38. The maximum absolute atomic E-state index is 12.4. The second-order valence-corrected chi connectivity index (χ2v) is 6.08. The van der Waals surface area contributed by atoms with Crippen LogP contribution in [0.15, 0.2) is 18.2 Å². The molecule has 0 aliphatic heterocycles. The van der Waals surface area contributed by atoms with Crippen molar-refractivity contribution in [3.8, 4) is 11.8 Å². The SMILES string of the molecule is Cc1cc(C#CCCO)cc(NC(=O)C2(C)CCCC2)c1. The van der Waals surface area contributed by atoms with Crippen molar-refractivity contribution in [1.29, 1.82) is 0 Å². The normalized spacial score (nSPS) is 16.1. The summed E-state index contributed by atoms with van der Waals surface area (Å²) in [5, 5.41) is 11.8. The summed E-state index contributed by atoms with van der Waals surface area (Å²) in [4.78, 5) is 12.4. The van der Waals surface area contributed by atoms with Gasteiger partial charge in [-0.2, -0.15) is 0 Å². The number of carbonyl (C=O) groups is 1. The predicted molar refractivity (Wildman–Crippen MR) is 85.0 cm³/mol. The largest absolute Gasteiger partial charge is 0.395 e. The molecular formula is C18H23NO2. The lowest BCUT2D eigenvalue weighted by molar-refractivity contribution is -0.124. The van der Waals surface area contributed by atoms with Crippen molar-refractivity contribution < 1.29 is 9.90 Å². The second-order valence-electron chi connectivity index (χ2n) is 6.08. The van der Waals surface area contributed by atoms with Crippen LogP contribution in [0.4, 0.5) is 5.69 Å². The van der Waals surface area contributed by atoms with E-state index in [1.54, 1.807) is 0 Å². The molecule has 3 nitrogen and oxygen atoms in total. The number of aryl methyl sites for hydroxylation is 1. The molecule has 1 aliphatic carbocycles. The predicted octanol–water partition coefficient (Wildman–Crippen LogP) is 3.25. The molecule has 0 atom stereocenters. The van der Waals surface area contributed by atoms with Gasteiger partial charge in [-0.3, -0.25) is 4.79 Å².